The van der Waals surface area contributed by atoms with E-state index in [9.17, 15) is 4.79 Å². The number of H-pyrrole nitrogens is 1. The minimum atomic E-state index is -0.317. The van der Waals surface area contributed by atoms with Gasteiger partial charge in [0.25, 0.3) is 5.56 Å². The van der Waals surface area contributed by atoms with Crippen LogP contribution in [0.4, 0.5) is 11.8 Å². The third kappa shape index (κ3) is 2.19. The molecule has 0 aliphatic carbocycles. The molecule has 1 rings (SSSR count). The van der Waals surface area contributed by atoms with Crippen molar-refractivity contribution < 1.29 is 0 Å². The van der Waals surface area contributed by atoms with Gasteiger partial charge in [-0.25, -0.2) is 0 Å². The Bertz CT molecular complexity index is 356. The van der Waals surface area contributed by atoms with Gasteiger partial charge >= 0.3 is 0 Å². The number of nitrogens with zero attached hydrogens (tertiary/aromatic N) is 1. The highest BCUT2D eigenvalue weighted by atomic mass is 16.1. The first-order valence-electron chi connectivity index (χ1n) is 3.90. The highest BCUT2D eigenvalue weighted by molar-refractivity contribution is 5.41. The zero-order valence-corrected chi connectivity index (χ0v) is 7.37. The third-order valence-corrected chi connectivity index (χ3v) is 1.59. The van der Waals surface area contributed by atoms with Gasteiger partial charge in [0.15, 0.2) is 0 Å². The van der Waals surface area contributed by atoms with Crippen LogP contribution in [0.2, 0.25) is 0 Å². The van der Waals surface area contributed by atoms with Gasteiger partial charge in [0.1, 0.15) is 5.82 Å². The van der Waals surface area contributed by atoms with E-state index in [1.807, 2.05) is 0 Å². The van der Waals surface area contributed by atoms with Gasteiger partial charge in [-0.05, 0) is 13.3 Å². The topological polar surface area (TPSA) is 124 Å². The minimum Gasteiger partial charge on any atom is -0.383 e. The van der Waals surface area contributed by atoms with Crippen LogP contribution in [0, 0.1) is 0 Å². The Kier molecular flexibility index (Phi) is 2.52. The van der Waals surface area contributed by atoms with E-state index in [1.54, 1.807) is 6.92 Å². The summed E-state index contributed by atoms with van der Waals surface area (Å²) < 4.78 is 0. The fourth-order valence-corrected chi connectivity index (χ4v) is 1.05. The van der Waals surface area contributed by atoms with Crippen LogP contribution in [0.3, 0.4) is 0 Å². The fraction of sp³-hybridized carbons (Fsp3) is 0.429. The molecule has 0 aliphatic heterocycles. The number of anilines is 2. The zero-order chi connectivity index (χ0) is 10.0. The van der Waals surface area contributed by atoms with Crippen molar-refractivity contribution in [1.29, 1.82) is 0 Å². The number of nitrogen functional groups attached to an aromatic ring is 2. The van der Waals surface area contributed by atoms with E-state index < -0.39 is 0 Å². The standard InChI is InChI=1S/C7H13N5O/c1-3(8)2-4-5(9)11-7(10)12-6(4)13/h3H,2,8H2,1H3,(H5,9,10,11,12,13). The lowest BCUT2D eigenvalue weighted by atomic mass is 10.1. The van der Waals surface area contributed by atoms with Crippen molar-refractivity contribution in [3.05, 3.63) is 15.9 Å². The van der Waals surface area contributed by atoms with Crippen LogP contribution in [0.25, 0.3) is 0 Å². The number of nitrogens with one attached hydrogen (secondary N) is 1. The van der Waals surface area contributed by atoms with Crippen LogP contribution in [-0.2, 0) is 6.42 Å². The number of hydrogen-bond donors (Lipinski definition) is 4. The third-order valence-electron chi connectivity index (χ3n) is 1.59. The normalized spacial score (nSPS) is 12.8. The molecule has 0 fully saturated rings. The Labute approximate surface area is 75.1 Å². The lowest BCUT2D eigenvalue weighted by Crippen LogP contribution is -2.26. The maximum Gasteiger partial charge on any atom is 0.257 e. The number of nitrogens with two attached hydrogens (primary N) is 3. The summed E-state index contributed by atoms with van der Waals surface area (Å²) in [5.41, 5.74) is 16.4. The molecule has 1 aromatic rings. The van der Waals surface area contributed by atoms with Gasteiger partial charge in [0.05, 0.1) is 5.56 Å². The number of aromatic amines is 1. The first-order chi connectivity index (χ1) is 6.00. The second-order valence-electron chi connectivity index (χ2n) is 3.00. The number of hydrogen-bond acceptors (Lipinski definition) is 5. The molecule has 0 radical (unpaired) electrons. The summed E-state index contributed by atoms with van der Waals surface area (Å²) in [6.45, 7) is 1.79. The predicted octanol–water partition coefficient (Wildman–Crippen LogP) is -1.18. The van der Waals surface area contributed by atoms with Crippen LogP contribution < -0.4 is 22.8 Å². The van der Waals surface area contributed by atoms with E-state index in [0.717, 1.165) is 0 Å². The second kappa shape index (κ2) is 3.44. The highest BCUT2D eigenvalue weighted by Crippen LogP contribution is 2.05. The van der Waals surface area contributed by atoms with Crippen molar-refractivity contribution in [1.82, 2.24) is 9.97 Å². The molecule has 0 aromatic carbocycles. The smallest absolute Gasteiger partial charge is 0.257 e. The zero-order valence-electron chi connectivity index (χ0n) is 7.37. The molecule has 1 heterocycles. The maximum atomic E-state index is 11.3. The quantitative estimate of drug-likeness (QED) is 0.459. The van der Waals surface area contributed by atoms with Gasteiger partial charge in [-0.3, -0.25) is 9.78 Å². The second-order valence-corrected chi connectivity index (χ2v) is 3.00. The Balaban J connectivity index is 3.14. The van der Waals surface area contributed by atoms with Crippen molar-refractivity contribution in [2.75, 3.05) is 11.5 Å². The summed E-state index contributed by atoms with van der Waals surface area (Å²) in [6.07, 6.45) is 0.397. The monoisotopic (exact) mass is 183 g/mol. The molecule has 0 saturated carbocycles. The molecule has 0 spiro atoms. The van der Waals surface area contributed by atoms with Crippen molar-refractivity contribution >= 4 is 11.8 Å². The molecular weight excluding hydrogens is 170 g/mol. The van der Waals surface area contributed by atoms with Crippen LogP contribution in [0.5, 0.6) is 0 Å². The summed E-state index contributed by atoms with van der Waals surface area (Å²) in [7, 11) is 0. The highest BCUT2D eigenvalue weighted by Gasteiger charge is 2.09. The van der Waals surface area contributed by atoms with Crippen LogP contribution >= 0.6 is 0 Å². The van der Waals surface area contributed by atoms with Crippen molar-refractivity contribution in [2.24, 2.45) is 5.73 Å². The Morgan fingerprint density at radius 2 is 2.15 bits per heavy atom. The predicted molar refractivity (Wildman–Crippen MR) is 51.0 cm³/mol. The first kappa shape index (κ1) is 9.53. The largest absolute Gasteiger partial charge is 0.383 e. The van der Waals surface area contributed by atoms with E-state index in [0.29, 0.717) is 12.0 Å². The Morgan fingerprint density at radius 1 is 1.54 bits per heavy atom. The van der Waals surface area contributed by atoms with E-state index >= 15 is 0 Å². The first-order valence-corrected chi connectivity index (χ1v) is 3.90. The molecular formula is C7H13N5O. The van der Waals surface area contributed by atoms with E-state index in [2.05, 4.69) is 9.97 Å². The van der Waals surface area contributed by atoms with Gasteiger partial charge in [-0.1, -0.05) is 0 Å². The van der Waals surface area contributed by atoms with Gasteiger partial charge in [0, 0.05) is 6.04 Å². The average Bonchev–Trinajstić information content (AvgIpc) is 1.96. The molecule has 1 atom stereocenters. The summed E-state index contributed by atoms with van der Waals surface area (Å²) in [5, 5.41) is 0. The van der Waals surface area contributed by atoms with E-state index in [1.165, 1.54) is 0 Å². The molecule has 1 aromatic heterocycles. The Hall–Kier alpha value is -1.56. The molecule has 0 bridgehead atoms. The average molecular weight is 183 g/mol. The van der Waals surface area contributed by atoms with Gasteiger partial charge in [-0.15, -0.1) is 0 Å². The molecule has 72 valence electrons. The summed E-state index contributed by atoms with van der Waals surface area (Å²) in [5.74, 6) is 0.175. The van der Waals surface area contributed by atoms with Crippen molar-refractivity contribution in [2.45, 2.75) is 19.4 Å². The van der Waals surface area contributed by atoms with Gasteiger partial charge < -0.3 is 17.2 Å². The van der Waals surface area contributed by atoms with Gasteiger partial charge in [0.2, 0.25) is 5.95 Å². The summed E-state index contributed by atoms with van der Waals surface area (Å²) in [6, 6.07) is -0.131. The lowest BCUT2D eigenvalue weighted by molar-refractivity contribution is 0.730. The van der Waals surface area contributed by atoms with Crippen LogP contribution in [-0.4, -0.2) is 16.0 Å². The summed E-state index contributed by atoms with van der Waals surface area (Å²) >= 11 is 0. The molecule has 6 heteroatoms. The van der Waals surface area contributed by atoms with E-state index in [-0.39, 0.29) is 23.4 Å². The molecule has 0 amide bonds. The summed E-state index contributed by atoms with van der Waals surface area (Å²) in [4.78, 5) is 17.4. The number of rotatable bonds is 2. The van der Waals surface area contributed by atoms with Crippen LogP contribution in [0.15, 0.2) is 4.79 Å². The lowest BCUT2D eigenvalue weighted by Gasteiger charge is -2.06. The van der Waals surface area contributed by atoms with Crippen molar-refractivity contribution in [3.8, 4) is 0 Å². The SMILES string of the molecule is CC(N)Cc1c(N)nc(N)[nH]c1=O. The Morgan fingerprint density at radius 3 is 2.62 bits per heavy atom. The molecule has 13 heavy (non-hydrogen) atoms. The van der Waals surface area contributed by atoms with E-state index in [4.69, 9.17) is 17.2 Å². The van der Waals surface area contributed by atoms with Gasteiger partial charge in [-0.2, -0.15) is 4.98 Å². The van der Waals surface area contributed by atoms with Crippen molar-refractivity contribution in [3.63, 3.8) is 0 Å². The maximum absolute atomic E-state index is 11.3. The minimum absolute atomic E-state index is 0.0240. The molecule has 0 aliphatic rings. The molecule has 6 nitrogen and oxygen atoms in total. The van der Waals surface area contributed by atoms with Crippen LogP contribution in [0.1, 0.15) is 12.5 Å². The number of aromatic nitrogens is 2. The fourth-order valence-electron chi connectivity index (χ4n) is 1.05. The molecule has 0 saturated heterocycles. The molecule has 7 N–H and O–H groups in total. The molecule has 1 unspecified atom stereocenters.